The number of rotatable bonds is 12. The minimum absolute atomic E-state index is 0.0288. The number of piperazine rings is 1. The zero-order chi connectivity index (χ0) is 69.9. The summed E-state index contributed by atoms with van der Waals surface area (Å²) in [7, 11) is 0. The van der Waals surface area contributed by atoms with Gasteiger partial charge in [-0.3, -0.25) is 47.9 Å². The lowest BCUT2D eigenvalue weighted by Gasteiger charge is -2.45. The van der Waals surface area contributed by atoms with Crippen molar-refractivity contribution in [3.8, 4) is 5.75 Å². The zero-order valence-electron chi connectivity index (χ0n) is 54.6. The van der Waals surface area contributed by atoms with Crippen LogP contribution in [0, 0.1) is 17.6 Å². The summed E-state index contributed by atoms with van der Waals surface area (Å²) in [5.41, 5.74) is 8.05. The molecule has 522 valence electrons. The van der Waals surface area contributed by atoms with Crippen molar-refractivity contribution in [1.29, 1.82) is 0 Å². The molecule has 0 saturated carbocycles. The lowest BCUT2D eigenvalue weighted by molar-refractivity contribution is -0.165. The third-order valence-electron chi connectivity index (χ3n) is 18.5. The summed E-state index contributed by atoms with van der Waals surface area (Å²) in [6.45, 7) is 4.09. The minimum atomic E-state index is -1.85. The SMILES string of the molecule is CC(C)[C@@H](O)[C@@H]1NC(=O)[C@@H]2CCCN2C(=O)[C@H](Cc2c[nH]c3ccc(F)cc23)NC(=O)[C@H](Cc2c[nH]c3ccc(F)cc23)NC(=O)CNC(=O)[C@H](CCCCN)NC(=O)CCSCc2cccc(c2)CSC[C@@H]2NC(=O)[C@@]3(C)N(CCN3C2=O)C(=O)[C@H](Cc2ccc(O)cc2)NC1=O. The number of aromatic amines is 2. The molecule has 0 unspecified atom stereocenters. The fourth-order valence-electron chi connectivity index (χ4n) is 13.1. The van der Waals surface area contributed by atoms with Gasteiger partial charge in [0, 0.05) is 103 Å². The number of phenols is 1. The fraction of sp³-hybridized carbons (Fsp3) is 0.449. The number of hydrogen-bond donors (Lipinski definition) is 12. The summed E-state index contributed by atoms with van der Waals surface area (Å²) in [5.74, 6) is -7.84. The molecule has 3 saturated heterocycles. The highest BCUT2D eigenvalue weighted by Crippen LogP contribution is 2.34. The normalized spacial score (nSPS) is 24.6. The molecule has 0 aliphatic carbocycles. The average molecular weight is 1390 g/mol. The molecule has 11 rings (SSSR count). The van der Waals surface area contributed by atoms with Crippen molar-refractivity contribution < 1.29 is 66.9 Å². The van der Waals surface area contributed by atoms with Gasteiger partial charge in [0.1, 0.15) is 59.7 Å². The predicted molar refractivity (Wildman–Crippen MR) is 364 cm³/mol. The highest BCUT2D eigenvalue weighted by Gasteiger charge is 2.59. The fourth-order valence-corrected chi connectivity index (χ4v) is 15.0. The maximum atomic E-state index is 15.5. The molecule has 2 aromatic heterocycles. The maximum Gasteiger partial charge on any atom is 0.267 e. The zero-order valence-corrected chi connectivity index (χ0v) is 56.3. The van der Waals surface area contributed by atoms with Crippen molar-refractivity contribution in [1.82, 2.24) is 61.9 Å². The van der Waals surface area contributed by atoms with E-state index in [4.69, 9.17) is 5.73 Å². The van der Waals surface area contributed by atoms with Crippen LogP contribution in [-0.4, -0.2) is 192 Å². The lowest BCUT2D eigenvalue weighted by Crippen LogP contribution is -2.73. The monoisotopic (exact) mass is 1390 g/mol. The first-order valence-corrected chi connectivity index (χ1v) is 35.2. The summed E-state index contributed by atoms with van der Waals surface area (Å²) in [4.78, 5) is 156. The van der Waals surface area contributed by atoms with Gasteiger partial charge >= 0.3 is 0 Å². The van der Waals surface area contributed by atoms with Crippen LogP contribution in [-0.2, 0) is 78.7 Å². The Morgan fingerprint density at radius 3 is 1.90 bits per heavy atom. The van der Waals surface area contributed by atoms with Gasteiger partial charge in [-0.2, -0.15) is 23.5 Å². The number of carbonyl (C=O) groups is 10. The van der Waals surface area contributed by atoms with Gasteiger partial charge in [0.15, 0.2) is 5.66 Å². The number of benzene rings is 4. The van der Waals surface area contributed by atoms with Crippen LogP contribution in [0.2, 0.25) is 0 Å². The van der Waals surface area contributed by atoms with Crippen LogP contribution in [0.5, 0.6) is 5.75 Å². The molecule has 7 heterocycles. The number of aromatic hydroxyl groups is 1. The molecule has 5 aliphatic heterocycles. The van der Waals surface area contributed by atoms with Gasteiger partial charge < -0.3 is 77.8 Å². The molecule has 0 spiro atoms. The van der Waals surface area contributed by atoms with Crippen molar-refractivity contribution in [2.75, 3.05) is 44.2 Å². The third kappa shape index (κ3) is 16.9. The van der Waals surface area contributed by atoms with E-state index < -0.39 is 137 Å². The Hall–Kier alpha value is -9.06. The number of nitrogens with two attached hydrogens (primary N) is 1. The molecular formula is C69H83F2N13O12S2. The van der Waals surface area contributed by atoms with Gasteiger partial charge in [0.25, 0.3) is 5.91 Å². The largest absolute Gasteiger partial charge is 0.508 e. The standard InChI is InChI=1S/C69H83F2N13O12S2/c1-38(2)60(88)59-64(92)79-53(27-39-12-16-46(85)17-13-39)66(94)83-23-24-84-67(95)55(80-68(96)69(83,84)3)37-98-36-41-9-6-8-40(26-41)35-97-25-20-57(86)76-51(10-4-5-21-72)61(89)75-34-58(87)77-52(28-42-32-73-49-18-14-44(70)30-47(42)49)62(90)78-54(65(93)82-22-7-11-56(82)63(91)81-59)29-43-33-74-50-19-15-45(71)31-48(43)50/h6,8-9,12-19,26,30-33,38,51-56,59-60,73-74,85,88H,4-5,7,10-11,20-25,27-29,34-37,72H2,1-3H3,(H,75,89)(H,76,86)(H,77,87)(H,78,90)(H,79,92)(H,80,96)(H,81,91)/t51-,52-,53-,54-,55-,56-,59-,60+,69-/m0/s1. The van der Waals surface area contributed by atoms with E-state index in [2.05, 4.69) is 47.2 Å². The van der Waals surface area contributed by atoms with Gasteiger partial charge in [0.2, 0.25) is 53.2 Å². The second-order valence-corrected chi connectivity index (χ2v) is 27.9. The molecule has 6 aromatic rings. The van der Waals surface area contributed by atoms with Crippen molar-refractivity contribution in [3.05, 3.63) is 137 Å². The Kier molecular flexibility index (Phi) is 23.5. The number of hydrogen-bond acceptors (Lipinski definition) is 15. The Morgan fingerprint density at radius 1 is 0.633 bits per heavy atom. The molecular weight excluding hydrogens is 1300 g/mol. The number of carbonyl (C=O) groups excluding carboxylic acids is 10. The van der Waals surface area contributed by atoms with Crippen LogP contribution in [0.3, 0.4) is 0 Å². The van der Waals surface area contributed by atoms with E-state index in [9.17, 15) is 52.6 Å². The van der Waals surface area contributed by atoms with Crippen molar-refractivity contribution >= 4 is 104 Å². The molecule has 29 heteroatoms. The second kappa shape index (κ2) is 32.1. The first-order valence-electron chi connectivity index (χ1n) is 32.9. The Bertz CT molecular complexity index is 3970. The number of aliphatic hydroxyl groups is 1. The molecule has 0 radical (unpaired) electrons. The van der Waals surface area contributed by atoms with Crippen LogP contribution < -0.4 is 43.0 Å². The Balaban J connectivity index is 0.973. The summed E-state index contributed by atoms with van der Waals surface area (Å²) in [6.07, 6.45) is 2.13. The number of unbranched alkanes of at least 4 members (excludes halogenated alkanes) is 1. The van der Waals surface area contributed by atoms with E-state index >= 15 is 14.4 Å². The van der Waals surface area contributed by atoms with Crippen molar-refractivity contribution in [2.24, 2.45) is 11.7 Å². The summed E-state index contributed by atoms with van der Waals surface area (Å²) in [6, 6.07) is 11.8. The maximum absolute atomic E-state index is 15.5. The minimum Gasteiger partial charge on any atom is -0.508 e. The molecule has 10 amide bonds. The van der Waals surface area contributed by atoms with Crippen LogP contribution in [0.4, 0.5) is 8.78 Å². The van der Waals surface area contributed by atoms with E-state index in [1.165, 1.54) is 118 Å². The topological polar surface area (TPSA) is 363 Å². The number of aromatic nitrogens is 2. The van der Waals surface area contributed by atoms with Crippen LogP contribution in [0.25, 0.3) is 21.8 Å². The Morgan fingerprint density at radius 2 is 1.24 bits per heavy atom. The van der Waals surface area contributed by atoms with Gasteiger partial charge in [0.05, 0.1) is 12.6 Å². The molecule has 9 atom stereocenters. The molecule has 5 aliphatic rings. The van der Waals surface area contributed by atoms with Crippen molar-refractivity contribution in [3.63, 3.8) is 0 Å². The van der Waals surface area contributed by atoms with Gasteiger partial charge in [-0.1, -0.05) is 50.2 Å². The van der Waals surface area contributed by atoms with Crippen LogP contribution >= 0.6 is 23.5 Å². The molecule has 25 nitrogen and oxygen atoms in total. The highest BCUT2D eigenvalue weighted by molar-refractivity contribution is 7.98. The van der Waals surface area contributed by atoms with Gasteiger partial charge in [-0.05, 0) is 128 Å². The van der Waals surface area contributed by atoms with Gasteiger partial charge in [-0.15, -0.1) is 0 Å². The van der Waals surface area contributed by atoms with E-state index in [0.29, 0.717) is 75.1 Å². The molecule has 13 N–H and O–H groups in total. The molecule has 4 aromatic carbocycles. The van der Waals surface area contributed by atoms with Crippen molar-refractivity contribution in [2.45, 2.75) is 144 Å². The van der Waals surface area contributed by atoms with E-state index in [-0.39, 0.29) is 76.1 Å². The third-order valence-corrected chi connectivity index (χ3v) is 20.6. The molecule has 6 bridgehead atoms. The number of phenolic OH excluding ortho intramolecular Hbond substituents is 1. The quantitative estimate of drug-likeness (QED) is 0.0619. The smallest absolute Gasteiger partial charge is 0.267 e. The lowest BCUT2D eigenvalue weighted by atomic mass is 9.96. The highest BCUT2D eigenvalue weighted by atomic mass is 32.2. The first-order chi connectivity index (χ1) is 47.0. The number of thioether (sulfide) groups is 2. The van der Waals surface area contributed by atoms with E-state index in [0.717, 1.165) is 11.1 Å². The number of aliphatic hydroxyl groups excluding tert-OH is 1. The van der Waals surface area contributed by atoms with E-state index in [1.54, 1.807) is 13.8 Å². The average Bonchev–Trinajstić information content (AvgIpc) is 1.52. The summed E-state index contributed by atoms with van der Waals surface area (Å²) in [5, 5.41) is 42.0. The van der Waals surface area contributed by atoms with E-state index in [1.807, 2.05) is 24.3 Å². The number of nitrogens with one attached hydrogen (secondary N) is 9. The Labute approximate surface area is 573 Å². The summed E-state index contributed by atoms with van der Waals surface area (Å²) < 4.78 is 29.9. The number of amides is 10. The van der Waals surface area contributed by atoms with Crippen LogP contribution in [0.1, 0.15) is 87.1 Å². The second-order valence-electron chi connectivity index (χ2n) is 25.7. The predicted octanol–water partition coefficient (Wildman–Crippen LogP) is 2.79. The van der Waals surface area contributed by atoms with Gasteiger partial charge in [-0.25, -0.2) is 8.78 Å². The number of fused-ring (bicyclic) bond motifs is 27. The molecule has 98 heavy (non-hydrogen) atoms. The van der Waals surface area contributed by atoms with Crippen LogP contribution in [0.15, 0.2) is 97.3 Å². The number of halogens is 2. The number of nitrogens with zero attached hydrogens (tertiary/aromatic N) is 3. The summed E-state index contributed by atoms with van der Waals surface area (Å²) >= 11 is 2.92. The first kappa shape index (κ1) is 71.7. The molecule has 3 fully saturated rings. The number of H-pyrrole nitrogens is 2.